The zero-order valence-corrected chi connectivity index (χ0v) is 10.7. The molecule has 1 aromatic carbocycles. The zero-order chi connectivity index (χ0) is 14.7. The maximum atomic E-state index is 11.1. The van der Waals surface area contributed by atoms with Crippen LogP contribution in [0.3, 0.4) is 0 Å². The number of fused-ring (bicyclic) bond motifs is 1. The fraction of sp³-hybridized carbons (Fsp3) is 0.231. The number of carboxylic acid groups (broad SMARTS) is 1. The van der Waals surface area contributed by atoms with Gasteiger partial charge in [0.05, 0.1) is 10.8 Å². The van der Waals surface area contributed by atoms with E-state index in [-0.39, 0.29) is 6.42 Å². The summed E-state index contributed by atoms with van der Waals surface area (Å²) in [4.78, 5) is 32.9. The lowest BCUT2D eigenvalue weighted by Gasteiger charge is -2.12. The number of aromatic nitrogens is 1. The average Bonchev–Trinajstić information content (AvgIpc) is 2.76. The maximum absolute atomic E-state index is 11.1. The lowest BCUT2D eigenvalue weighted by Crippen LogP contribution is -2.41. The number of benzene rings is 1. The average molecular weight is 275 g/mol. The maximum Gasteiger partial charge on any atom is 0.326 e. The van der Waals surface area contributed by atoms with Crippen molar-refractivity contribution in [2.75, 3.05) is 0 Å². The van der Waals surface area contributed by atoms with Crippen LogP contribution >= 0.6 is 0 Å². The molecule has 0 bridgehead atoms. The van der Waals surface area contributed by atoms with Crippen LogP contribution in [0.2, 0.25) is 0 Å². The number of aliphatic carboxylic acids is 1. The van der Waals surface area contributed by atoms with Crippen molar-refractivity contribution < 1.29 is 14.7 Å². The van der Waals surface area contributed by atoms with Crippen LogP contribution in [-0.4, -0.2) is 27.7 Å². The molecule has 0 aliphatic heterocycles. The summed E-state index contributed by atoms with van der Waals surface area (Å²) in [6.07, 6.45) is 1.56. The van der Waals surface area contributed by atoms with Crippen LogP contribution in [0, 0.1) is 4.91 Å². The Balaban J connectivity index is 2.39. The second-order valence-corrected chi connectivity index (χ2v) is 4.39. The van der Waals surface area contributed by atoms with Crippen LogP contribution in [0.4, 0.5) is 0 Å². The molecular weight excluding hydrogens is 262 g/mol. The molecule has 1 atom stereocenters. The van der Waals surface area contributed by atoms with Crippen molar-refractivity contribution in [2.24, 2.45) is 5.29 Å². The summed E-state index contributed by atoms with van der Waals surface area (Å²) in [5.41, 5.74) is 1.24. The van der Waals surface area contributed by atoms with Crippen molar-refractivity contribution in [3.05, 3.63) is 40.9 Å². The molecule has 2 N–H and O–H groups in total. The highest BCUT2D eigenvalue weighted by atomic mass is 16.4. The highest BCUT2D eigenvalue weighted by molar-refractivity contribution is 5.86. The van der Waals surface area contributed by atoms with Crippen LogP contribution in [0.1, 0.15) is 12.5 Å². The van der Waals surface area contributed by atoms with E-state index in [2.05, 4.69) is 10.6 Å². The lowest BCUT2D eigenvalue weighted by molar-refractivity contribution is -0.141. The highest BCUT2D eigenvalue weighted by Gasteiger charge is 2.21. The number of nitrogens with zero attached hydrogens (tertiary/aromatic N) is 2. The van der Waals surface area contributed by atoms with Gasteiger partial charge < -0.3 is 10.4 Å². The molecule has 7 nitrogen and oxygen atoms in total. The number of carbonyl (C=O) groups excluding carboxylic acids is 1. The molecule has 0 fully saturated rings. The van der Waals surface area contributed by atoms with E-state index in [9.17, 15) is 14.5 Å². The predicted molar refractivity (Wildman–Crippen MR) is 72.1 cm³/mol. The van der Waals surface area contributed by atoms with Crippen molar-refractivity contribution in [1.29, 1.82) is 0 Å². The van der Waals surface area contributed by atoms with Gasteiger partial charge in [0.15, 0.2) is 0 Å². The fourth-order valence-corrected chi connectivity index (χ4v) is 2.13. The van der Waals surface area contributed by atoms with Crippen LogP contribution < -0.4 is 5.32 Å². The number of amides is 1. The van der Waals surface area contributed by atoms with Crippen molar-refractivity contribution >= 4 is 22.8 Å². The summed E-state index contributed by atoms with van der Waals surface area (Å²) in [7, 11) is 0. The van der Waals surface area contributed by atoms with Gasteiger partial charge in [-0.15, -0.1) is 4.91 Å². The Labute approximate surface area is 114 Å². The number of nitroso groups, excluding NO2 is 1. The number of carbonyl (C=O) groups is 2. The van der Waals surface area contributed by atoms with E-state index in [0.717, 1.165) is 10.1 Å². The quantitative estimate of drug-likeness (QED) is 0.803. The summed E-state index contributed by atoms with van der Waals surface area (Å²) >= 11 is 0. The summed E-state index contributed by atoms with van der Waals surface area (Å²) in [6.45, 7) is 1.26. The second kappa shape index (κ2) is 5.52. The normalized spacial score (nSPS) is 12.1. The molecule has 7 heteroatoms. The summed E-state index contributed by atoms with van der Waals surface area (Å²) in [5.74, 6) is -1.55. The third-order valence-electron chi connectivity index (χ3n) is 2.96. The molecule has 2 rings (SSSR count). The fourth-order valence-electron chi connectivity index (χ4n) is 2.13. The lowest BCUT2D eigenvalue weighted by atomic mass is 10.1. The highest BCUT2D eigenvalue weighted by Crippen LogP contribution is 2.22. The van der Waals surface area contributed by atoms with Gasteiger partial charge in [-0.3, -0.25) is 4.79 Å². The standard InChI is InChI=1S/C13H13N3O4/c1-8(17)14-11(13(18)19)6-9-7-16(15-20)12-5-3-2-4-10(9)12/h2-5,7,11H,6H2,1H3,(H,14,17)(H,18,19). The second-order valence-electron chi connectivity index (χ2n) is 4.39. The Kier molecular flexibility index (Phi) is 3.79. The summed E-state index contributed by atoms with van der Waals surface area (Å²) in [6, 6.07) is 6.00. The summed E-state index contributed by atoms with van der Waals surface area (Å²) in [5, 5.41) is 15.1. The number of hydrogen-bond acceptors (Lipinski definition) is 4. The van der Waals surface area contributed by atoms with Crippen LogP contribution in [-0.2, 0) is 16.0 Å². The Morgan fingerprint density at radius 2 is 2.10 bits per heavy atom. The Bertz CT molecular complexity index is 677. The number of hydrogen-bond donors (Lipinski definition) is 2. The molecule has 0 saturated heterocycles. The van der Waals surface area contributed by atoms with Crippen molar-refractivity contribution in [3.63, 3.8) is 0 Å². The largest absolute Gasteiger partial charge is 0.480 e. The van der Waals surface area contributed by atoms with E-state index < -0.39 is 17.9 Å². The van der Waals surface area contributed by atoms with E-state index in [1.807, 2.05) is 0 Å². The predicted octanol–water partition coefficient (Wildman–Crippen LogP) is 1.30. The molecule has 20 heavy (non-hydrogen) atoms. The topological polar surface area (TPSA) is 101 Å². The van der Waals surface area contributed by atoms with E-state index in [1.165, 1.54) is 13.1 Å². The monoisotopic (exact) mass is 275 g/mol. The smallest absolute Gasteiger partial charge is 0.326 e. The van der Waals surface area contributed by atoms with Gasteiger partial charge in [-0.25, -0.2) is 9.47 Å². The minimum atomic E-state index is -1.13. The first-order chi connectivity index (χ1) is 9.52. The molecule has 1 heterocycles. The molecule has 2 aromatic rings. The van der Waals surface area contributed by atoms with E-state index in [0.29, 0.717) is 11.1 Å². The molecule has 0 spiro atoms. The Morgan fingerprint density at radius 1 is 1.40 bits per heavy atom. The first-order valence-corrected chi connectivity index (χ1v) is 5.95. The molecule has 0 radical (unpaired) electrons. The molecule has 0 aliphatic carbocycles. The van der Waals surface area contributed by atoms with Gasteiger partial charge in [0, 0.05) is 24.9 Å². The molecule has 104 valence electrons. The van der Waals surface area contributed by atoms with Crippen molar-refractivity contribution in [3.8, 4) is 0 Å². The number of rotatable bonds is 5. The zero-order valence-electron chi connectivity index (χ0n) is 10.7. The van der Waals surface area contributed by atoms with Crippen LogP contribution in [0.25, 0.3) is 10.9 Å². The van der Waals surface area contributed by atoms with Gasteiger partial charge in [0.2, 0.25) is 5.91 Å². The van der Waals surface area contributed by atoms with Gasteiger partial charge in [-0.2, -0.15) is 0 Å². The van der Waals surface area contributed by atoms with Gasteiger partial charge in [0.1, 0.15) is 6.04 Å². The molecule has 1 unspecified atom stereocenters. The van der Waals surface area contributed by atoms with Gasteiger partial charge >= 0.3 is 5.97 Å². The van der Waals surface area contributed by atoms with E-state index in [1.54, 1.807) is 24.3 Å². The molecule has 1 aromatic heterocycles. The van der Waals surface area contributed by atoms with Gasteiger partial charge in [-0.1, -0.05) is 18.2 Å². The number of nitrogens with one attached hydrogen (secondary N) is 1. The van der Waals surface area contributed by atoms with Crippen molar-refractivity contribution in [1.82, 2.24) is 9.99 Å². The first-order valence-electron chi connectivity index (χ1n) is 5.95. The Morgan fingerprint density at radius 3 is 2.70 bits per heavy atom. The molecule has 1 amide bonds. The number of para-hydroxylation sites is 1. The third kappa shape index (κ3) is 2.66. The third-order valence-corrected chi connectivity index (χ3v) is 2.96. The first kappa shape index (κ1) is 13.7. The minimum absolute atomic E-state index is 0.0813. The molecular formula is C13H13N3O4. The summed E-state index contributed by atoms with van der Waals surface area (Å²) < 4.78 is 1.15. The molecule has 0 aliphatic rings. The van der Waals surface area contributed by atoms with E-state index in [4.69, 9.17) is 5.11 Å². The Hall–Kier alpha value is -2.70. The van der Waals surface area contributed by atoms with Gasteiger partial charge in [-0.05, 0) is 11.6 Å². The number of carboxylic acids is 1. The van der Waals surface area contributed by atoms with Crippen molar-refractivity contribution in [2.45, 2.75) is 19.4 Å². The minimum Gasteiger partial charge on any atom is -0.480 e. The van der Waals surface area contributed by atoms with Crippen LogP contribution in [0.15, 0.2) is 35.7 Å². The van der Waals surface area contributed by atoms with E-state index >= 15 is 0 Å². The van der Waals surface area contributed by atoms with Crippen LogP contribution in [0.5, 0.6) is 0 Å². The molecule has 0 saturated carbocycles. The van der Waals surface area contributed by atoms with Gasteiger partial charge in [0.25, 0.3) is 0 Å². The SMILES string of the molecule is CC(=O)NC(Cc1cn(N=O)c2ccccc12)C(=O)O.